The molecule has 12 heavy (non-hydrogen) atoms. The largest absolute Gasteiger partial charge is 0.0885 e. The van der Waals surface area contributed by atoms with Crippen molar-refractivity contribution in [2.75, 3.05) is 0 Å². The van der Waals surface area contributed by atoms with Gasteiger partial charge in [-0.1, -0.05) is 36.5 Å². The summed E-state index contributed by atoms with van der Waals surface area (Å²) in [4.78, 5) is 0. The first kappa shape index (κ1) is 9.31. The minimum atomic E-state index is 1.11. The van der Waals surface area contributed by atoms with Gasteiger partial charge in [0.25, 0.3) is 0 Å². The van der Waals surface area contributed by atoms with Crippen molar-refractivity contribution in [2.24, 2.45) is 0 Å². The van der Waals surface area contributed by atoms with Gasteiger partial charge in [0.15, 0.2) is 0 Å². The van der Waals surface area contributed by atoms with Crippen molar-refractivity contribution >= 4 is 0 Å². The average Bonchev–Trinajstić information content (AvgIpc) is 2.05. The molecule has 0 amide bonds. The van der Waals surface area contributed by atoms with Crippen LogP contribution in [-0.2, 0) is 0 Å². The second kappa shape index (κ2) is 6.90. The van der Waals surface area contributed by atoms with Crippen LogP contribution in [0.4, 0.5) is 0 Å². The van der Waals surface area contributed by atoms with Gasteiger partial charge in [-0.2, -0.15) is 0 Å². The number of rotatable bonds is 0. The van der Waals surface area contributed by atoms with Crippen LogP contribution in [0.2, 0.25) is 0 Å². The summed E-state index contributed by atoms with van der Waals surface area (Å²) in [5.74, 6) is 0. The highest BCUT2D eigenvalue weighted by atomic mass is 13.9. The van der Waals surface area contributed by atoms with Crippen molar-refractivity contribution < 1.29 is 0 Å². The van der Waals surface area contributed by atoms with E-state index in [-0.39, 0.29) is 0 Å². The molecule has 0 spiro atoms. The molecule has 1 rings (SSSR count). The summed E-state index contributed by atoms with van der Waals surface area (Å²) in [6.45, 7) is 0. The Morgan fingerprint density at radius 1 is 0.500 bits per heavy atom. The molecule has 0 unspecified atom stereocenters. The minimum Gasteiger partial charge on any atom is -0.0885 e. The van der Waals surface area contributed by atoms with E-state index >= 15 is 0 Å². The summed E-state index contributed by atoms with van der Waals surface area (Å²) in [5, 5.41) is 0. The number of hydrogen-bond donors (Lipinski definition) is 0. The molecule has 0 saturated heterocycles. The molecule has 0 atom stereocenters. The zero-order valence-corrected chi connectivity index (χ0v) is 7.71. The van der Waals surface area contributed by atoms with Gasteiger partial charge >= 0.3 is 0 Å². The van der Waals surface area contributed by atoms with E-state index in [0.717, 1.165) is 6.42 Å². The van der Waals surface area contributed by atoms with Crippen molar-refractivity contribution in [3.05, 3.63) is 36.5 Å². The Bertz CT molecular complexity index is 172. The van der Waals surface area contributed by atoms with Gasteiger partial charge < -0.3 is 0 Å². The van der Waals surface area contributed by atoms with Gasteiger partial charge in [0.1, 0.15) is 0 Å². The molecule has 0 nitrogen and oxygen atoms in total. The van der Waals surface area contributed by atoms with Crippen molar-refractivity contribution in [1.82, 2.24) is 0 Å². The molecule has 0 saturated carbocycles. The zero-order valence-electron chi connectivity index (χ0n) is 7.71. The molecule has 0 fully saturated rings. The molecular weight excluding hydrogens is 144 g/mol. The molecular formula is C12H18. The van der Waals surface area contributed by atoms with E-state index in [1.165, 1.54) is 32.1 Å². The standard InChI is InChI=1S/C12H18/c1-2-4-6-8-10-12-11-9-7-5-3-1/h1-2,5,7-8,10H,3-4,6,9,11-12H2/b2-1+,7-5?,10-8+. The molecule has 0 aromatic rings. The molecule has 0 aromatic heterocycles. The van der Waals surface area contributed by atoms with Gasteiger partial charge in [-0.3, -0.25) is 0 Å². The summed E-state index contributed by atoms with van der Waals surface area (Å²) >= 11 is 0. The summed E-state index contributed by atoms with van der Waals surface area (Å²) in [5.41, 5.74) is 0. The van der Waals surface area contributed by atoms with Crippen LogP contribution in [0.15, 0.2) is 36.5 Å². The molecule has 0 heteroatoms. The average molecular weight is 162 g/mol. The summed E-state index contributed by atoms with van der Waals surface area (Å²) in [7, 11) is 0. The summed E-state index contributed by atoms with van der Waals surface area (Å²) in [6.07, 6.45) is 21.0. The molecule has 1 aliphatic carbocycles. The van der Waals surface area contributed by atoms with E-state index in [1.807, 2.05) is 0 Å². The van der Waals surface area contributed by atoms with E-state index in [9.17, 15) is 0 Å². The zero-order chi connectivity index (χ0) is 8.49. The molecule has 0 aromatic carbocycles. The minimum absolute atomic E-state index is 1.11. The lowest BCUT2D eigenvalue weighted by atomic mass is 10.1. The van der Waals surface area contributed by atoms with Crippen molar-refractivity contribution in [3.8, 4) is 0 Å². The predicted molar refractivity (Wildman–Crippen MR) is 55.1 cm³/mol. The highest BCUT2D eigenvalue weighted by Crippen LogP contribution is 2.03. The maximum atomic E-state index is 2.31. The molecule has 0 aliphatic heterocycles. The van der Waals surface area contributed by atoms with Gasteiger partial charge in [0.05, 0.1) is 0 Å². The highest BCUT2D eigenvalue weighted by molar-refractivity contribution is 4.95. The maximum absolute atomic E-state index is 2.31. The Hall–Kier alpha value is -0.780. The van der Waals surface area contributed by atoms with Crippen LogP contribution >= 0.6 is 0 Å². The van der Waals surface area contributed by atoms with Gasteiger partial charge in [0, 0.05) is 0 Å². The molecule has 1 aliphatic rings. The molecule has 0 radical (unpaired) electrons. The van der Waals surface area contributed by atoms with E-state index in [2.05, 4.69) is 36.5 Å². The smallest absolute Gasteiger partial charge is 0.0169 e. The van der Waals surface area contributed by atoms with Crippen LogP contribution < -0.4 is 0 Å². The van der Waals surface area contributed by atoms with Gasteiger partial charge in [-0.25, -0.2) is 0 Å². The van der Waals surface area contributed by atoms with Crippen LogP contribution in [0.3, 0.4) is 0 Å². The van der Waals surface area contributed by atoms with Crippen molar-refractivity contribution in [3.63, 3.8) is 0 Å². The fourth-order valence-corrected chi connectivity index (χ4v) is 1.29. The van der Waals surface area contributed by atoms with Crippen molar-refractivity contribution in [2.45, 2.75) is 38.5 Å². The topological polar surface area (TPSA) is 0 Å². The lowest BCUT2D eigenvalue weighted by Gasteiger charge is -1.92. The fraction of sp³-hybridized carbons (Fsp3) is 0.500. The van der Waals surface area contributed by atoms with Gasteiger partial charge in [0.2, 0.25) is 0 Å². The lowest BCUT2D eigenvalue weighted by molar-refractivity contribution is 0.859. The van der Waals surface area contributed by atoms with Crippen LogP contribution in [-0.4, -0.2) is 0 Å². The molecule has 66 valence electrons. The normalized spacial score (nSPS) is 25.3. The summed E-state index contributed by atoms with van der Waals surface area (Å²) in [6, 6.07) is 0. The third-order valence-corrected chi connectivity index (χ3v) is 2.01. The SMILES string of the molecule is C1=CCCC/C=C/CC/C=C/C1. The molecule has 0 heterocycles. The Morgan fingerprint density at radius 3 is 1.75 bits per heavy atom. The Labute approximate surface area is 75.7 Å². The van der Waals surface area contributed by atoms with Crippen LogP contribution in [0.5, 0.6) is 0 Å². The van der Waals surface area contributed by atoms with Crippen LogP contribution in [0.25, 0.3) is 0 Å². The third-order valence-electron chi connectivity index (χ3n) is 2.01. The molecule has 0 N–H and O–H groups in total. The first-order valence-electron chi connectivity index (χ1n) is 4.95. The highest BCUT2D eigenvalue weighted by Gasteiger charge is 1.82. The Morgan fingerprint density at radius 2 is 1.00 bits per heavy atom. The predicted octanol–water partition coefficient (Wildman–Crippen LogP) is 4.01. The van der Waals surface area contributed by atoms with E-state index in [1.54, 1.807) is 0 Å². The second-order valence-corrected chi connectivity index (χ2v) is 3.16. The number of hydrogen-bond acceptors (Lipinski definition) is 0. The Kier molecular flexibility index (Phi) is 5.35. The quantitative estimate of drug-likeness (QED) is 0.472. The molecule has 0 bridgehead atoms. The number of allylic oxidation sites excluding steroid dienone is 6. The Balaban J connectivity index is 2.30. The van der Waals surface area contributed by atoms with E-state index < -0.39 is 0 Å². The van der Waals surface area contributed by atoms with Gasteiger partial charge in [-0.05, 0) is 38.5 Å². The maximum Gasteiger partial charge on any atom is -0.0169 e. The van der Waals surface area contributed by atoms with E-state index in [4.69, 9.17) is 0 Å². The lowest BCUT2D eigenvalue weighted by Crippen LogP contribution is -1.72. The first-order valence-corrected chi connectivity index (χ1v) is 4.95. The van der Waals surface area contributed by atoms with Crippen LogP contribution in [0.1, 0.15) is 38.5 Å². The van der Waals surface area contributed by atoms with Crippen LogP contribution in [0, 0.1) is 0 Å². The first-order chi connectivity index (χ1) is 6.00. The van der Waals surface area contributed by atoms with E-state index in [0.29, 0.717) is 0 Å². The monoisotopic (exact) mass is 162 g/mol. The van der Waals surface area contributed by atoms with Crippen molar-refractivity contribution in [1.29, 1.82) is 0 Å². The third kappa shape index (κ3) is 4.95. The summed E-state index contributed by atoms with van der Waals surface area (Å²) < 4.78 is 0. The fourth-order valence-electron chi connectivity index (χ4n) is 1.29. The second-order valence-electron chi connectivity index (χ2n) is 3.16. The van der Waals surface area contributed by atoms with Gasteiger partial charge in [-0.15, -0.1) is 0 Å².